The van der Waals surface area contributed by atoms with Crippen molar-refractivity contribution in [2.24, 2.45) is 5.10 Å². The minimum absolute atomic E-state index is 0.0954. The summed E-state index contributed by atoms with van der Waals surface area (Å²) < 4.78 is 31.5. The van der Waals surface area contributed by atoms with Gasteiger partial charge in [-0.05, 0) is 73.5 Å². The minimum atomic E-state index is -3.50. The molecule has 0 atom stereocenters. The largest absolute Gasteiger partial charge is 0.491 e. The normalized spacial score (nSPS) is 11.5. The maximum atomic E-state index is 12.4. The van der Waals surface area contributed by atoms with Gasteiger partial charge in [0.25, 0.3) is 5.91 Å². The summed E-state index contributed by atoms with van der Waals surface area (Å²) in [6.45, 7) is 4.12. The van der Waals surface area contributed by atoms with Crippen LogP contribution in [0.4, 0.5) is 5.69 Å². The van der Waals surface area contributed by atoms with E-state index in [4.69, 9.17) is 4.74 Å². The van der Waals surface area contributed by atoms with Crippen molar-refractivity contribution in [3.8, 4) is 5.75 Å². The number of nitrogens with one attached hydrogen (secondary N) is 1. The van der Waals surface area contributed by atoms with Gasteiger partial charge in [-0.15, -0.1) is 0 Å². The van der Waals surface area contributed by atoms with Crippen molar-refractivity contribution in [2.75, 3.05) is 10.6 Å². The summed E-state index contributed by atoms with van der Waals surface area (Å²) in [5.41, 5.74) is 5.00. The van der Waals surface area contributed by atoms with Crippen molar-refractivity contribution in [3.63, 3.8) is 0 Å². The van der Waals surface area contributed by atoms with Crippen molar-refractivity contribution < 1.29 is 17.9 Å². The summed E-state index contributed by atoms with van der Waals surface area (Å²) >= 11 is 0. The number of hydrogen-bond acceptors (Lipinski definition) is 5. The number of benzene rings is 3. The third-order valence-corrected chi connectivity index (χ3v) is 5.76. The van der Waals surface area contributed by atoms with Crippen molar-refractivity contribution in [1.29, 1.82) is 0 Å². The van der Waals surface area contributed by atoms with E-state index in [1.54, 1.807) is 24.3 Å². The Hall–Kier alpha value is -3.65. The van der Waals surface area contributed by atoms with Gasteiger partial charge in [-0.25, -0.2) is 13.8 Å². The van der Waals surface area contributed by atoms with E-state index in [0.29, 0.717) is 11.3 Å². The number of hydrazone groups is 1. The molecule has 8 heteroatoms. The number of rotatable bonds is 9. The van der Waals surface area contributed by atoms with Gasteiger partial charge in [0.2, 0.25) is 10.0 Å². The van der Waals surface area contributed by atoms with Crippen LogP contribution in [0.3, 0.4) is 0 Å². The molecule has 33 heavy (non-hydrogen) atoms. The Morgan fingerprint density at radius 1 is 1.00 bits per heavy atom. The lowest BCUT2D eigenvalue weighted by molar-refractivity contribution is 0.0955. The predicted octanol–water partition coefficient (Wildman–Crippen LogP) is 4.20. The van der Waals surface area contributed by atoms with Gasteiger partial charge in [0, 0.05) is 5.56 Å². The summed E-state index contributed by atoms with van der Waals surface area (Å²) in [4.78, 5) is 12.4. The zero-order valence-corrected chi connectivity index (χ0v) is 19.6. The zero-order chi connectivity index (χ0) is 23.8. The van der Waals surface area contributed by atoms with E-state index in [9.17, 15) is 13.2 Å². The Bertz CT molecular complexity index is 1190. The molecule has 1 amide bonds. The van der Waals surface area contributed by atoms with Crippen LogP contribution in [0, 0.1) is 0 Å². The number of carbonyl (C=O) groups is 1. The number of amides is 1. The first-order chi connectivity index (χ1) is 15.7. The van der Waals surface area contributed by atoms with Crippen LogP contribution in [0.25, 0.3) is 0 Å². The molecule has 0 aliphatic heterocycles. The maximum absolute atomic E-state index is 12.4. The first-order valence-corrected chi connectivity index (χ1v) is 12.3. The van der Waals surface area contributed by atoms with Crippen LogP contribution in [0.5, 0.6) is 5.75 Å². The fraction of sp³-hybridized carbons (Fsp3) is 0.200. The van der Waals surface area contributed by atoms with E-state index in [1.165, 1.54) is 10.5 Å². The fourth-order valence-corrected chi connectivity index (χ4v) is 3.95. The molecule has 0 spiro atoms. The molecule has 0 unspecified atom stereocenters. The van der Waals surface area contributed by atoms with Crippen LogP contribution >= 0.6 is 0 Å². The van der Waals surface area contributed by atoms with Gasteiger partial charge in [-0.2, -0.15) is 5.10 Å². The zero-order valence-electron chi connectivity index (χ0n) is 18.8. The molecular weight excluding hydrogens is 438 g/mol. The van der Waals surface area contributed by atoms with Gasteiger partial charge in [-0.1, -0.05) is 30.3 Å². The summed E-state index contributed by atoms with van der Waals surface area (Å²) in [6.07, 6.45) is 2.79. The highest BCUT2D eigenvalue weighted by atomic mass is 32.2. The van der Waals surface area contributed by atoms with Gasteiger partial charge in [0.15, 0.2) is 0 Å². The third kappa shape index (κ3) is 7.18. The second kappa shape index (κ2) is 10.8. The highest BCUT2D eigenvalue weighted by Crippen LogP contribution is 2.21. The van der Waals surface area contributed by atoms with E-state index >= 15 is 0 Å². The summed E-state index contributed by atoms with van der Waals surface area (Å²) in [5.74, 6) is 0.369. The topological polar surface area (TPSA) is 88.1 Å². The smallest absolute Gasteiger partial charge is 0.271 e. The Balaban J connectivity index is 1.64. The highest BCUT2D eigenvalue weighted by molar-refractivity contribution is 7.92. The standard InChI is InChI=1S/C25H27N3O4S/c1-19(2)32-24-15-9-20(10-16-24)17-26-27-25(29)22-11-13-23(14-12-22)28(33(3,30)31)18-21-7-5-4-6-8-21/h4-17,19H,18H2,1-3H3,(H,27,29)/b26-17-. The van der Waals surface area contributed by atoms with Crippen molar-refractivity contribution in [2.45, 2.75) is 26.5 Å². The van der Waals surface area contributed by atoms with Crippen LogP contribution in [-0.4, -0.2) is 32.9 Å². The highest BCUT2D eigenvalue weighted by Gasteiger charge is 2.18. The predicted molar refractivity (Wildman–Crippen MR) is 131 cm³/mol. The number of nitrogens with zero attached hydrogens (tertiary/aromatic N) is 2. The summed E-state index contributed by atoms with van der Waals surface area (Å²) in [5, 5.41) is 3.99. The van der Waals surface area contributed by atoms with Gasteiger partial charge in [-0.3, -0.25) is 9.10 Å². The second-order valence-electron chi connectivity index (χ2n) is 7.74. The fourth-order valence-electron chi connectivity index (χ4n) is 3.06. The average molecular weight is 466 g/mol. The summed E-state index contributed by atoms with van der Waals surface area (Å²) in [7, 11) is -3.50. The molecule has 0 fully saturated rings. The molecule has 3 aromatic carbocycles. The molecular formula is C25H27N3O4S. The number of anilines is 1. The molecule has 0 aromatic heterocycles. The molecule has 172 valence electrons. The third-order valence-electron chi connectivity index (χ3n) is 4.62. The number of sulfonamides is 1. The molecule has 3 rings (SSSR count). The van der Waals surface area contributed by atoms with Gasteiger partial charge < -0.3 is 4.74 Å². The van der Waals surface area contributed by atoms with Crippen LogP contribution in [0.2, 0.25) is 0 Å². The lowest BCUT2D eigenvalue weighted by Gasteiger charge is -2.22. The molecule has 0 saturated carbocycles. The molecule has 0 bridgehead atoms. The van der Waals surface area contributed by atoms with E-state index < -0.39 is 15.9 Å². The Labute approximate surface area is 194 Å². The van der Waals surface area contributed by atoms with Gasteiger partial charge in [0.1, 0.15) is 5.75 Å². The average Bonchev–Trinajstić information content (AvgIpc) is 2.78. The molecule has 0 heterocycles. The Morgan fingerprint density at radius 2 is 1.64 bits per heavy atom. The molecule has 0 saturated heterocycles. The van der Waals surface area contributed by atoms with Crippen LogP contribution in [-0.2, 0) is 16.6 Å². The van der Waals surface area contributed by atoms with Crippen LogP contribution in [0.1, 0.15) is 35.3 Å². The monoisotopic (exact) mass is 465 g/mol. The van der Waals surface area contributed by atoms with Crippen molar-refractivity contribution in [3.05, 3.63) is 95.6 Å². The van der Waals surface area contributed by atoms with Crippen molar-refractivity contribution in [1.82, 2.24) is 5.43 Å². The van der Waals surface area contributed by atoms with Crippen molar-refractivity contribution >= 4 is 27.8 Å². The molecule has 7 nitrogen and oxygen atoms in total. The number of ether oxygens (including phenoxy) is 1. The first kappa shape index (κ1) is 24.0. The maximum Gasteiger partial charge on any atom is 0.271 e. The quantitative estimate of drug-likeness (QED) is 0.379. The Kier molecular flexibility index (Phi) is 7.84. The SMILES string of the molecule is CC(C)Oc1ccc(/C=N\NC(=O)c2ccc(N(Cc3ccccc3)S(C)(=O)=O)cc2)cc1. The molecule has 0 aliphatic rings. The Morgan fingerprint density at radius 3 is 2.21 bits per heavy atom. The van der Waals surface area contributed by atoms with Gasteiger partial charge in [0.05, 0.1) is 30.8 Å². The van der Waals surface area contributed by atoms with E-state index in [-0.39, 0.29) is 12.6 Å². The summed E-state index contributed by atoms with van der Waals surface area (Å²) in [6, 6.07) is 23.0. The lowest BCUT2D eigenvalue weighted by atomic mass is 10.2. The molecule has 3 aromatic rings. The first-order valence-electron chi connectivity index (χ1n) is 10.4. The molecule has 0 radical (unpaired) electrons. The molecule has 1 N–H and O–H groups in total. The van der Waals surface area contributed by atoms with E-state index in [1.807, 2.05) is 68.4 Å². The molecule has 0 aliphatic carbocycles. The second-order valence-corrected chi connectivity index (χ2v) is 9.64. The minimum Gasteiger partial charge on any atom is -0.491 e. The van der Waals surface area contributed by atoms with Crippen LogP contribution < -0.4 is 14.5 Å². The number of carbonyl (C=O) groups excluding carboxylic acids is 1. The number of hydrogen-bond donors (Lipinski definition) is 1. The van der Waals surface area contributed by atoms with Gasteiger partial charge >= 0.3 is 0 Å². The van der Waals surface area contributed by atoms with E-state index in [0.717, 1.165) is 23.1 Å². The van der Waals surface area contributed by atoms with Crippen LogP contribution in [0.15, 0.2) is 84.0 Å². The van der Waals surface area contributed by atoms with E-state index in [2.05, 4.69) is 10.5 Å². The lowest BCUT2D eigenvalue weighted by Crippen LogP contribution is -2.29.